The average molecular weight is 585 g/mol. The molecule has 0 unspecified atom stereocenters. The predicted octanol–water partition coefficient (Wildman–Crippen LogP) is 10.1. The van der Waals surface area contributed by atoms with Crippen LogP contribution < -0.4 is 0 Å². The van der Waals surface area contributed by atoms with Gasteiger partial charge >= 0.3 is 0 Å². The minimum absolute atomic E-state index is 0.0392. The van der Waals surface area contributed by atoms with Crippen LogP contribution in [0.15, 0.2) is 42.5 Å². The minimum Gasteiger partial charge on any atom is -0.217 e. The van der Waals surface area contributed by atoms with E-state index in [0.29, 0.717) is 11.6 Å². The molecule has 0 radical (unpaired) electrons. The Morgan fingerprint density at radius 1 is 0.455 bits per heavy atom. The number of hydrogen-bond donors (Lipinski definition) is 0. The molecule has 0 atom stereocenters. The summed E-state index contributed by atoms with van der Waals surface area (Å²) in [6.07, 6.45) is 0. The van der Waals surface area contributed by atoms with Gasteiger partial charge < -0.3 is 0 Å². The van der Waals surface area contributed by atoms with Crippen LogP contribution in [0.2, 0.25) is 0 Å². The Morgan fingerprint density at radius 3 is 1.14 bits per heavy atom. The Morgan fingerprint density at radius 2 is 0.818 bits per heavy atom. The molecule has 4 aromatic carbocycles. The lowest BCUT2D eigenvalue weighted by atomic mass is 9.82. The summed E-state index contributed by atoms with van der Waals surface area (Å²) in [5, 5.41) is 7.17. The number of aromatic nitrogens is 6. The third-order valence-electron chi connectivity index (χ3n) is 8.47. The van der Waals surface area contributed by atoms with Gasteiger partial charge in [-0.15, -0.1) is 0 Å². The van der Waals surface area contributed by atoms with Crippen LogP contribution in [0.4, 0.5) is 0 Å². The van der Waals surface area contributed by atoms with Gasteiger partial charge in [0.15, 0.2) is 11.6 Å². The molecule has 0 saturated heterocycles. The molecule has 6 aromatic rings. The van der Waals surface area contributed by atoms with Gasteiger partial charge in [0.2, 0.25) is 0 Å². The summed E-state index contributed by atoms with van der Waals surface area (Å²) >= 11 is 0. The van der Waals surface area contributed by atoms with Crippen molar-refractivity contribution < 1.29 is 0 Å². The maximum Gasteiger partial charge on any atom is 0.164 e. The molecule has 0 aliphatic carbocycles. The lowest BCUT2D eigenvalue weighted by molar-refractivity contribution is 0.591. The maximum absolute atomic E-state index is 5.07. The SMILES string of the molecule is CC(C)c1nc(-c2cc(-c3nc(C(C)C)nc(C(C)C)n3)c3ccc4cc(C(C)(C)C)cc5ccc2c3c54)nc(C(C)C)n1. The smallest absolute Gasteiger partial charge is 0.164 e. The van der Waals surface area contributed by atoms with E-state index in [4.69, 9.17) is 29.9 Å². The molecule has 226 valence electrons. The second-order valence-corrected chi connectivity index (χ2v) is 14.5. The van der Waals surface area contributed by atoms with Crippen LogP contribution in [0.5, 0.6) is 0 Å². The van der Waals surface area contributed by atoms with E-state index in [1.54, 1.807) is 0 Å². The molecule has 6 heteroatoms. The highest BCUT2D eigenvalue weighted by molar-refractivity contribution is 6.27. The Hall–Kier alpha value is -4.06. The molecule has 0 spiro atoms. The van der Waals surface area contributed by atoms with Gasteiger partial charge in [-0.2, -0.15) is 0 Å². The summed E-state index contributed by atoms with van der Waals surface area (Å²) < 4.78 is 0. The molecule has 0 bridgehead atoms. The number of rotatable bonds is 6. The summed E-state index contributed by atoms with van der Waals surface area (Å²) in [4.78, 5) is 29.9. The number of benzene rings is 4. The van der Waals surface area contributed by atoms with E-state index in [0.717, 1.165) is 45.2 Å². The Kier molecular flexibility index (Phi) is 7.38. The number of hydrogen-bond acceptors (Lipinski definition) is 6. The van der Waals surface area contributed by atoms with Crippen molar-refractivity contribution in [2.45, 2.75) is 105 Å². The molecule has 0 fully saturated rings. The molecule has 44 heavy (non-hydrogen) atoms. The molecule has 0 N–H and O–H groups in total. The van der Waals surface area contributed by atoms with Gasteiger partial charge in [-0.05, 0) is 49.4 Å². The van der Waals surface area contributed by atoms with E-state index >= 15 is 0 Å². The molecule has 0 amide bonds. The summed E-state index contributed by atoms with van der Waals surface area (Å²) in [6, 6.07) is 15.9. The van der Waals surface area contributed by atoms with Crippen molar-refractivity contribution in [1.82, 2.24) is 29.9 Å². The van der Waals surface area contributed by atoms with Gasteiger partial charge in [-0.3, -0.25) is 0 Å². The first-order valence-electron chi connectivity index (χ1n) is 16.0. The van der Waals surface area contributed by atoms with Crippen LogP contribution >= 0.6 is 0 Å². The summed E-state index contributed by atoms with van der Waals surface area (Å²) in [5.41, 5.74) is 3.32. The predicted molar refractivity (Wildman–Crippen MR) is 183 cm³/mol. The largest absolute Gasteiger partial charge is 0.217 e. The van der Waals surface area contributed by atoms with Gasteiger partial charge in [-0.25, -0.2) is 29.9 Å². The fraction of sp³-hybridized carbons (Fsp3) is 0.421. The second-order valence-electron chi connectivity index (χ2n) is 14.5. The minimum atomic E-state index is 0.0392. The molecule has 0 aliphatic heterocycles. The standard InChI is InChI=1S/C38H44N6/c1-19(2)32-39-33(20(3)4)42-36(41-32)28-18-29(37-43-34(21(5)6)40-35(44-37)22(7)8)27-15-13-24-17-25(38(9,10)11)16-23-12-14-26(28)31(27)30(23)24/h12-22H,1-11H3. The normalized spacial score (nSPS) is 12.8. The molecule has 2 aromatic heterocycles. The molecular weight excluding hydrogens is 540 g/mol. The second kappa shape index (κ2) is 10.8. The highest BCUT2D eigenvalue weighted by atomic mass is 15.0. The average Bonchev–Trinajstić information content (AvgIpc) is 2.98. The van der Waals surface area contributed by atoms with E-state index in [-0.39, 0.29) is 29.1 Å². The van der Waals surface area contributed by atoms with Crippen molar-refractivity contribution in [3.05, 3.63) is 71.3 Å². The maximum atomic E-state index is 5.07. The van der Waals surface area contributed by atoms with Crippen molar-refractivity contribution in [1.29, 1.82) is 0 Å². The van der Waals surface area contributed by atoms with Gasteiger partial charge in [-0.1, -0.05) is 113 Å². The fourth-order valence-corrected chi connectivity index (χ4v) is 5.81. The number of nitrogens with zero attached hydrogens (tertiary/aromatic N) is 6. The highest BCUT2D eigenvalue weighted by Gasteiger charge is 2.24. The van der Waals surface area contributed by atoms with E-state index in [2.05, 4.69) is 119 Å². The van der Waals surface area contributed by atoms with Crippen molar-refractivity contribution in [2.24, 2.45) is 0 Å². The van der Waals surface area contributed by atoms with Crippen LogP contribution in [0.3, 0.4) is 0 Å². The van der Waals surface area contributed by atoms with Gasteiger partial charge in [0.25, 0.3) is 0 Å². The summed E-state index contributed by atoms with van der Waals surface area (Å²) in [5.74, 6) is 5.34. The Labute approximate surface area is 261 Å². The van der Waals surface area contributed by atoms with Crippen molar-refractivity contribution in [3.63, 3.8) is 0 Å². The van der Waals surface area contributed by atoms with Crippen LogP contribution in [0.1, 0.15) is 129 Å². The first-order valence-corrected chi connectivity index (χ1v) is 16.0. The van der Waals surface area contributed by atoms with Gasteiger partial charge in [0.05, 0.1) is 0 Å². The molecule has 0 aliphatic rings. The third-order valence-corrected chi connectivity index (χ3v) is 8.47. The highest BCUT2D eigenvalue weighted by Crippen LogP contribution is 2.44. The van der Waals surface area contributed by atoms with E-state index in [9.17, 15) is 0 Å². The molecule has 6 nitrogen and oxygen atoms in total. The van der Waals surface area contributed by atoms with Crippen molar-refractivity contribution in [3.8, 4) is 22.8 Å². The molecule has 6 rings (SSSR count). The first-order chi connectivity index (χ1) is 20.7. The fourth-order valence-electron chi connectivity index (χ4n) is 5.81. The summed E-state index contributed by atoms with van der Waals surface area (Å²) in [7, 11) is 0. The van der Waals surface area contributed by atoms with Crippen LogP contribution in [0, 0.1) is 0 Å². The lowest BCUT2D eigenvalue weighted by Crippen LogP contribution is -2.11. The molecular formula is C38H44N6. The molecule has 0 saturated carbocycles. The zero-order valence-electron chi connectivity index (χ0n) is 28.0. The third kappa shape index (κ3) is 5.18. The Bertz CT molecular complexity index is 1830. The first kappa shape index (κ1) is 30.0. The molecule has 2 heterocycles. The summed E-state index contributed by atoms with van der Waals surface area (Å²) in [6.45, 7) is 23.9. The Balaban J connectivity index is 1.78. The zero-order valence-corrected chi connectivity index (χ0v) is 28.0. The topological polar surface area (TPSA) is 77.3 Å². The van der Waals surface area contributed by atoms with Gasteiger partial charge in [0, 0.05) is 34.8 Å². The lowest BCUT2D eigenvalue weighted by Gasteiger charge is -2.22. The van der Waals surface area contributed by atoms with Crippen LogP contribution in [-0.4, -0.2) is 29.9 Å². The van der Waals surface area contributed by atoms with Crippen molar-refractivity contribution in [2.75, 3.05) is 0 Å². The van der Waals surface area contributed by atoms with Crippen LogP contribution in [-0.2, 0) is 5.41 Å². The zero-order chi connectivity index (χ0) is 31.7. The van der Waals surface area contributed by atoms with Crippen LogP contribution in [0.25, 0.3) is 55.1 Å². The van der Waals surface area contributed by atoms with E-state index in [1.165, 1.54) is 27.1 Å². The van der Waals surface area contributed by atoms with E-state index < -0.39 is 0 Å². The van der Waals surface area contributed by atoms with Crippen molar-refractivity contribution >= 4 is 32.3 Å². The quantitative estimate of drug-likeness (QED) is 0.181. The monoisotopic (exact) mass is 584 g/mol. The van der Waals surface area contributed by atoms with Gasteiger partial charge in [0.1, 0.15) is 23.3 Å². The van der Waals surface area contributed by atoms with E-state index in [1.807, 2.05) is 0 Å².